The van der Waals surface area contributed by atoms with Crippen LogP contribution in [-0.4, -0.2) is 37.2 Å². The summed E-state index contributed by atoms with van der Waals surface area (Å²) in [4.78, 5) is 26.6. The second kappa shape index (κ2) is 9.36. The Hall–Kier alpha value is -2.77. The third kappa shape index (κ3) is 4.52. The number of benzene rings is 2. The summed E-state index contributed by atoms with van der Waals surface area (Å²) in [5.41, 5.74) is 0.947. The first-order valence-electron chi connectivity index (χ1n) is 9.10. The molecule has 1 N–H and O–H groups in total. The number of nitrogens with zero attached hydrogens (tertiary/aromatic N) is 1. The van der Waals surface area contributed by atoms with E-state index >= 15 is 0 Å². The summed E-state index contributed by atoms with van der Waals surface area (Å²) in [6.45, 7) is 1.58. The van der Waals surface area contributed by atoms with Crippen LogP contribution in [0.1, 0.15) is 18.5 Å². The lowest BCUT2D eigenvalue weighted by Gasteiger charge is -2.34. The van der Waals surface area contributed by atoms with E-state index in [1.54, 1.807) is 31.2 Å². The summed E-state index contributed by atoms with van der Waals surface area (Å²) < 4.78 is 24.7. The molecule has 0 saturated heterocycles. The number of halogens is 3. The maximum absolute atomic E-state index is 14.0. The Morgan fingerprint density at radius 2 is 1.93 bits per heavy atom. The number of carbonyl (C=O) groups excluding carboxylic acids is 2. The van der Waals surface area contributed by atoms with E-state index < -0.39 is 23.9 Å². The molecule has 0 saturated carbocycles. The molecule has 0 spiro atoms. The average molecular weight is 453 g/mol. The lowest BCUT2D eigenvalue weighted by atomic mass is 9.94. The lowest BCUT2D eigenvalue weighted by molar-refractivity contribution is -0.139. The zero-order valence-corrected chi connectivity index (χ0v) is 17.8. The van der Waals surface area contributed by atoms with Gasteiger partial charge in [0.15, 0.2) is 11.6 Å². The largest absolute Gasteiger partial charge is 0.484 e. The molecule has 1 heterocycles. The molecule has 0 radical (unpaired) electrons. The SMILES string of the molecule is CCOC(=O)C1=C(COc2ccccc2F)N(C)C(=O)NC1c1ccc(Cl)c(Cl)c1. The predicted octanol–water partition coefficient (Wildman–Crippen LogP) is 4.72. The highest BCUT2D eigenvalue weighted by Gasteiger charge is 2.37. The monoisotopic (exact) mass is 452 g/mol. The fourth-order valence-electron chi connectivity index (χ4n) is 3.03. The van der Waals surface area contributed by atoms with Crippen LogP contribution in [0.2, 0.25) is 10.0 Å². The van der Waals surface area contributed by atoms with Crippen molar-refractivity contribution in [2.45, 2.75) is 13.0 Å². The second-order valence-corrected chi connectivity index (χ2v) is 7.23. The minimum atomic E-state index is -0.846. The smallest absolute Gasteiger partial charge is 0.338 e. The van der Waals surface area contributed by atoms with Gasteiger partial charge in [0.25, 0.3) is 0 Å². The van der Waals surface area contributed by atoms with Crippen LogP contribution in [0.4, 0.5) is 9.18 Å². The molecule has 1 aliphatic heterocycles. The van der Waals surface area contributed by atoms with Gasteiger partial charge in [-0.25, -0.2) is 14.0 Å². The molecular weight excluding hydrogens is 434 g/mol. The van der Waals surface area contributed by atoms with Crippen LogP contribution in [0.15, 0.2) is 53.7 Å². The van der Waals surface area contributed by atoms with Gasteiger partial charge in [-0.1, -0.05) is 41.4 Å². The zero-order valence-electron chi connectivity index (χ0n) is 16.2. The van der Waals surface area contributed by atoms with E-state index in [-0.39, 0.29) is 35.3 Å². The quantitative estimate of drug-likeness (QED) is 0.643. The second-order valence-electron chi connectivity index (χ2n) is 6.42. The Labute approximate surface area is 183 Å². The third-order valence-electron chi connectivity index (χ3n) is 4.55. The molecule has 0 aromatic heterocycles. The van der Waals surface area contributed by atoms with E-state index in [0.717, 1.165) is 0 Å². The van der Waals surface area contributed by atoms with Crippen LogP contribution < -0.4 is 10.1 Å². The summed E-state index contributed by atoms with van der Waals surface area (Å²) >= 11 is 12.1. The number of esters is 1. The number of amides is 2. The molecule has 0 aliphatic carbocycles. The van der Waals surface area contributed by atoms with Crippen molar-refractivity contribution >= 4 is 35.2 Å². The van der Waals surface area contributed by atoms with Crippen molar-refractivity contribution in [1.29, 1.82) is 0 Å². The summed E-state index contributed by atoms with van der Waals surface area (Å²) in [5.74, 6) is -1.19. The first-order chi connectivity index (χ1) is 14.3. The number of nitrogens with one attached hydrogen (secondary N) is 1. The number of likely N-dealkylation sites (N-methyl/N-ethyl adjacent to an activating group) is 1. The zero-order chi connectivity index (χ0) is 21.8. The highest BCUT2D eigenvalue weighted by atomic mass is 35.5. The molecule has 30 heavy (non-hydrogen) atoms. The van der Waals surface area contributed by atoms with E-state index in [2.05, 4.69) is 5.32 Å². The fraction of sp³-hybridized carbons (Fsp3) is 0.238. The third-order valence-corrected chi connectivity index (χ3v) is 5.29. The van der Waals surface area contributed by atoms with Crippen molar-refractivity contribution in [1.82, 2.24) is 10.2 Å². The van der Waals surface area contributed by atoms with Crippen molar-refractivity contribution in [3.05, 3.63) is 75.2 Å². The maximum Gasteiger partial charge on any atom is 0.338 e. The Bertz CT molecular complexity index is 1010. The van der Waals surface area contributed by atoms with E-state index in [4.69, 9.17) is 32.7 Å². The molecule has 3 rings (SSSR count). The summed E-state index contributed by atoms with van der Waals surface area (Å²) in [5, 5.41) is 3.37. The highest BCUT2D eigenvalue weighted by molar-refractivity contribution is 6.42. The molecule has 0 fully saturated rings. The van der Waals surface area contributed by atoms with Crippen LogP contribution in [-0.2, 0) is 9.53 Å². The fourth-order valence-corrected chi connectivity index (χ4v) is 3.34. The van der Waals surface area contributed by atoms with Gasteiger partial charge in [-0.15, -0.1) is 0 Å². The maximum atomic E-state index is 14.0. The van der Waals surface area contributed by atoms with Crippen LogP contribution in [0.5, 0.6) is 5.75 Å². The van der Waals surface area contributed by atoms with Crippen molar-refractivity contribution < 1.29 is 23.5 Å². The predicted molar refractivity (Wildman–Crippen MR) is 111 cm³/mol. The first kappa shape index (κ1) is 21.9. The molecule has 1 aliphatic rings. The molecule has 9 heteroatoms. The molecule has 158 valence electrons. The Morgan fingerprint density at radius 3 is 2.60 bits per heavy atom. The van der Waals surface area contributed by atoms with Gasteiger partial charge in [0.1, 0.15) is 6.61 Å². The van der Waals surface area contributed by atoms with Gasteiger partial charge in [-0.05, 0) is 36.8 Å². The van der Waals surface area contributed by atoms with Crippen molar-refractivity contribution in [2.75, 3.05) is 20.3 Å². The van der Waals surface area contributed by atoms with Crippen LogP contribution >= 0.6 is 23.2 Å². The molecule has 2 aromatic rings. The van der Waals surface area contributed by atoms with Gasteiger partial charge in [0, 0.05) is 7.05 Å². The summed E-state index contributed by atoms with van der Waals surface area (Å²) in [7, 11) is 1.49. The van der Waals surface area contributed by atoms with E-state index in [0.29, 0.717) is 10.6 Å². The van der Waals surface area contributed by atoms with Crippen molar-refractivity contribution in [2.24, 2.45) is 0 Å². The van der Waals surface area contributed by atoms with Gasteiger partial charge in [-0.3, -0.25) is 4.90 Å². The Kier molecular flexibility index (Phi) is 6.84. The van der Waals surface area contributed by atoms with E-state index in [1.807, 2.05) is 0 Å². The average Bonchev–Trinajstić information content (AvgIpc) is 2.72. The van der Waals surface area contributed by atoms with Crippen molar-refractivity contribution in [3.63, 3.8) is 0 Å². The van der Waals surface area contributed by atoms with Crippen LogP contribution in [0.3, 0.4) is 0 Å². The molecule has 6 nitrogen and oxygen atoms in total. The number of ether oxygens (including phenoxy) is 2. The number of rotatable bonds is 6. The van der Waals surface area contributed by atoms with E-state index in [1.165, 1.54) is 30.1 Å². The number of para-hydroxylation sites is 1. The molecular formula is C21H19Cl2FN2O4. The first-order valence-corrected chi connectivity index (χ1v) is 9.85. The molecule has 0 bridgehead atoms. The number of hydrogen-bond acceptors (Lipinski definition) is 4. The minimum absolute atomic E-state index is 0.00122. The number of hydrogen-bond donors (Lipinski definition) is 1. The number of urea groups is 1. The molecule has 2 amide bonds. The Morgan fingerprint density at radius 1 is 1.20 bits per heavy atom. The van der Waals surface area contributed by atoms with Gasteiger partial charge in [-0.2, -0.15) is 0 Å². The molecule has 1 unspecified atom stereocenters. The number of carbonyl (C=O) groups is 2. The highest BCUT2D eigenvalue weighted by Crippen LogP contribution is 2.34. The van der Waals surface area contributed by atoms with Gasteiger partial charge in [0.2, 0.25) is 0 Å². The molecule has 2 aromatic carbocycles. The topological polar surface area (TPSA) is 67.9 Å². The van der Waals surface area contributed by atoms with Gasteiger partial charge >= 0.3 is 12.0 Å². The van der Waals surface area contributed by atoms with Crippen LogP contribution in [0, 0.1) is 5.82 Å². The Balaban J connectivity index is 2.06. The van der Waals surface area contributed by atoms with Crippen LogP contribution in [0.25, 0.3) is 0 Å². The molecule has 1 atom stereocenters. The normalized spacial score (nSPS) is 16.4. The lowest BCUT2D eigenvalue weighted by Crippen LogP contribution is -2.48. The minimum Gasteiger partial charge on any atom is -0.484 e. The van der Waals surface area contributed by atoms with Crippen molar-refractivity contribution in [3.8, 4) is 5.75 Å². The van der Waals surface area contributed by atoms with Gasteiger partial charge in [0.05, 0.1) is 34.0 Å². The van der Waals surface area contributed by atoms with E-state index in [9.17, 15) is 14.0 Å². The summed E-state index contributed by atoms with van der Waals surface area (Å²) in [6.07, 6.45) is 0. The van der Waals surface area contributed by atoms with Gasteiger partial charge < -0.3 is 14.8 Å². The summed E-state index contributed by atoms with van der Waals surface area (Å²) in [6, 6.07) is 9.34. The standard InChI is InChI=1S/C21H19Cl2FN2O4/c1-3-29-20(27)18-16(11-30-17-7-5-4-6-15(17)24)26(2)21(28)25-19(18)12-8-9-13(22)14(23)10-12/h4-10,19H,3,11H2,1-2H3,(H,25,28).